The summed E-state index contributed by atoms with van der Waals surface area (Å²) in [5.41, 5.74) is -0.00231. The molecule has 5 heteroatoms. The quantitative estimate of drug-likeness (QED) is 0.634. The van der Waals surface area contributed by atoms with Crippen LogP contribution in [0, 0.1) is 0 Å². The van der Waals surface area contributed by atoms with Crippen molar-refractivity contribution in [3.05, 3.63) is 10.6 Å². The van der Waals surface area contributed by atoms with E-state index in [0.717, 1.165) is 11.3 Å². The number of aromatic nitrogens is 1. The molecule has 0 aliphatic rings. The maximum atomic E-state index is 10.1. The molecule has 1 aromatic rings. The highest BCUT2D eigenvalue weighted by Crippen LogP contribution is 2.20. The van der Waals surface area contributed by atoms with Gasteiger partial charge in [-0.1, -0.05) is 11.3 Å². The van der Waals surface area contributed by atoms with E-state index in [9.17, 15) is 9.59 Å². The van der Waals surface area contributed by atoms with E-state index in [2.05, 4.69) is 4.98 Å². The predicted molar refractivity (Wildman–Crippen MR) is 34.6 cm³/mol. The Morgan fingerprint density at radius 1 is 1.40 bits per heavy atom. The van der Waals surface area contributed by atoms with Gasteiger partial charge < -0.3 is 5.11 Å². The molecule has 1 rings (SSSR count). The normalized spacial score (nSPS) is 9.20. The zero-order valence-electron chi connectivity index (χ0n) is 4.77. The molecule has 1 aromatic heterocycles. The molecule has 1 heterocycles. The van der Waals surface area contributed by atoms with Crippen LogP contribution >= 0.6 is 11.3 Å². The summed E-state index contributed by atoms with van der Waals surface area (Å²) in [6.07, 6.45) is 0.918. The number of carbonyl (C=O) groups is 2. The molecule has 0 unspecified atom stereocenters. The van der Waals surface area contributed by atoms with Gasteiger partial charge in [-0.2, -0.15) is 4.98 Å². The first-order valence-corrected chi connectivity index (χ1v) is 3.19. The summed E-state index contributed by atoms with van der Waals surface area (Å²) in [7, 11) is 0. The van der Waals surface area contributed by atoms with Gasteiger partial charge in [-0.05, 0) is 0 Å². The van der Waals surface area contributed by atoms with Gasteiger partial charge in [0.1, 0.15) is 10.6 Å². The molecular weight excluding hydrogens is 154 g/mol. The van der Waals surface area contributed by atoms with Gasteiger partial charge in [-0.3, -0.25) is 9.59 Å². The van der Waals surface area contributed by atoms with Crippen LogP contribution in [0.15, 0.2) is 0 Å². The number of aromatic hydroxyl groups is 1. The van der Waals surface area contributed by atoms with Crippen molar-refractivity contribution in [1.82, 2.24) is 4.98 Å². The van der Waals surface area contributed by atoms with Crippen LogP contribution in [0.3, 0.4) is 0 Å². The van der Waals surface area contributed by atoms with E-state index >= 15 is 0 Å². The summed E-state index contributed by atoms with van der Waals surface area (Å²) in [6.45, 7) is 0. The fraction of sp³-hybridized carbons (Fsp3) is 0. The molecule has 4 nitrogen and oxygen atoms in total. The molecule has 0 bridgehead atoms. The Morgan fingerprint density at radius 2 is 2.10 bits per heavy atom. The lowest BCUT2D eigenvalue weighted by Gasteiger charge is -1.75. The SMILES string of the molecule is O=Cc1nc(O)sc1C=O. The minimum absolute atomic E-state index is 0.00231. The molecule has 0 aromatic carbocycles. The highest BCUT2D eigenvalue weighted by molar-refractivity contribution is 7.15. The van der Waals surface area contributed by atoms with Crippen LogP contribution < -0.4 is 0 Å². The minimum Gasteiger partial charge on any atom is -0.486 e. The zero-order valence-corrected chi connectivity index (χ0v) is 5.59. The van der Waals surface area contributed by atoms with Gasteiger partial charge >= 0.3 is 0 Å². The standard InChI is InChI=1S/C5H3NO3S/c7-1-3-4(2-8)10-5(9)6-3/h1-2H,(H,6,9). The van der Waals surface area contributed by atoms with E-state index in [1.54, 1.807) is 0 Å². The van der Waals surface area contributed by atoms with Gasteiger partial charge in [0.15, 0.2) is 12.6 Å². The first-order chi connectivity index (χ1) is 4.77. The van der Waals surface area contributed by atoms with E-state index in [1.165, 1.54) is 0 Å². The predicted octanol–water partition coefficient (Wildman–Crippen LogP) is 0.474. The lowest BCUT2D eigenvalue weighted by Crippen LogP contribution is -1.83. The second-order valence-corrected chi connectivity index (χ2v) is 2.49. The van der Waals surface area contributed by atoms with Gasteiger partial charge in [0, 0.05) is 0 Å². The molecule has 0 radical (unpaired) electrons. The monoisotopic (exact) mass is 157 g/mol. The van der Waals surface area contributed by atoms with Crippen molar-refractivity contribution in [3.8, 4) is 5.19 Å². The Balaban J connectivity index is 3.20. The van der Waals surface area contributed by atoms with Gasteiger partial charge in [0.2, 0.25) is 0 Å². The van der Waals surface area contributed by atoms with Crippen molar-refractivity contribution in [2.45, 2.75) is 0 Å². The van der Waals surface area contributed by atoms with Gasteiger partial charge in [0.05, 0.1) is 0 Å². The zero-order chi connectivity index (χ0) is 7.56. The van der Waals surface area contributed by atoms with Crippen LogP contribution in [-0.4, -0.2) is 22.7 Å². The Hall–Kier alpha value is -1.23. The summed E-state index contributed by atoms with van der Waals surface area (Å²) >= 11 is 0.784. The summed E-state index contributed by atoms with van der Waals surface area (Å²) in [4.78, 5) is 23.7. The number of thiazole rings is 1. The fourth-order valence-corrected chi connectivity index (χ4v) is 1.09. The second kappa shape index (κ2) is 2.57. The van der Waals surface area contributed by atoms with Crippen molar-refractivity contribution in [1.29, 1.82) is 0 Å². The van der Waals surface area contributed by atoms with Gasteiger partial charge in [-0.25, -0.2) is 0 Å². The van der Waals surface area contributed by atoms with Crippen molar-refractivity contribution in [3.63, 3.8) is 0 Å². The molecule has 0 saturated heterocycles. The Labute approximate surface area is 60.1 Å². The van der Waals surface area contributed by atoms with Crippen LogP contribution in [0.2, 0.25) is 0 Å². The Kier molecular flexibility index (Phi) is 1.77. The van der Waals surface area contributed by atoms with E-state index in [-0.39, 0.29) is 15.8 Å². The van der Waals surface area contributed by atoms with Crippen molar-refractivity contribution in [2.24, 2.45) is 0 Å². The van der Waals surface area contributed by atoms with Gasteiger partial charge in [-0.15, -0.1) is 0 Å². The molecule has 0 saturated carbocycles. The number of carbonyl (C=O) groups excluding carboxylic acids is 2. The highest BCUT2D eigenvalue weighted by atomic mass is 32.1. The first-order valence-electron chi connectivity index (χ1n) is 2.38. The summed E-state index contributed by atoms with van der Waals surface area (Å²) in [5, 5.41) is 8.43. The number of nitrogens with zero attached hydrogens (tertiary/aromatic N) is 1. The van der Waals surface area contributed by atoms with Crippen LogP contribution in [0.4, 0.5) is 0 Å². The maximum Gasteiger partial charge on any atom is 0.272 e. The van der Waals surface area contributed by atoms with Crippen molar-refractivity contribution in [2.75, 3.05) is 0 Å². The number of hydrogen-bond acceptors (Lipinski definition) is 5. The smallest absolute Gasteiger partial charge is 0.272 e. The summed E-state index contributed by atoms with van der Waals surface area (Å²) in [5.74, 6) is 0. The lowest BCUT2D eigenvalue weighted by atomic mass is 10.4. The minimum atomic E-state index is -0.260. The summed E-state index contributed by atoms with van der Waals surface area (Å²) < 4.78 is 0. The number of hydrogen-bond donors (Lipinski definition) is 1. The molecule has 0 aliphatic heterocycles. The van der Waals surface area contributed by atoms with E-state index in [0.29, 0.717) is 12.6 Å². The third-order valence-corrected chi connectivity index (χ3v) is 1.69. The van der Waals surface area contributed by atoms with Crippen LogP contribution in [0.1, 0.15) is 20.2 Å². The van der Waals surface area contributed by atoms with Crippen molar-refractivity contribution < 1.29 is 14.7 Å². The Morgan fingerprint density at radius 3 is 2.50 bits per heavy atom. The van der Waals surface area contributed by atoms with Crippen LogP contribution in [-0.2, 0) is 0 Å². The van der Waals surface area contributed by atoms with Crippen molar-refractivity contribution >= 4 is 23.9 Å². The molecule has 0 fully saturated rings. The maximum absolute atomic E-state index is 10.1. The average molecular weight is 157 g/mol. The van der Waals surface area contributed by atoms with Gasteiger partial charge in [0.25, 0.3) is 5.19 Å². The number of aldehydes is 2. The molecule has 1 N–H and O–H groups in total. The van der Waals surface area contributed by atoms with Crippen LogP contribution in [0.25, 0.3) is 0 Å². The third kappa shape index (κ3) is 1.03. The molecule has 0 amide bonds. The summed E-state index contributed by atoms with van der Waals surface area (Å²) in [6, 6.07) is 0. The second-order valence-electron chi connectivity index (χ2n) is 1.48. The molecule has 10 heavy (non-hydrogen) atoms. The molecular formula is C5H3NO3S. The largest absolute Gasteiger partial charge is 0.486 e. The molecule has 0 atom stereocenters. The van der Waals surface area contributed by atoms with E-state index in [4.69, 9.17) is 5.11 Å². The lowest BCUT2D eigenvalue weighted by molar-refractivity contribution is 0.109. The highest BCUT2D eigenvalue weighted by Gasteiger charge is 2.07. The Bertz CT molecular complexity index is 242. The molecule has 0 spiro atoms. The topological polar surface area (TPSA) is 67.3 Å². The molecule has 52 valence electrons. The first kappa shape index (κ1) is 6.88. The number of rotatable bonds is 2. The molecule has 0 aliphatic carbocycles. The third-order valence-electron chi connectivity index (χ3n) is 0.888. The average Bonchev–Trinajstić information content (AvgIpc) is 2.30. The van der Waals surface area contributed by atoms with Crippen LogP contribution in [0.5, 0.6) is 5.19 Å². The fourth-order valence-electron chi connectivity index (χ4n) is 0.500. The van der Waals surface area contributed by atoms with E-state index in [1.807, 2.05) is 0 Å². The van der Waals surface area contributed by atoms with E-state index < -0.39 is 0 Å².